The van der Waals surface area contributed by atoms with Crippen LogP contribution >= 0.6 is 0 Å². The molecule has 3 amide bonds. The zero-order valence-electron chi connectivity index (χ0n) is 19.9. The van der Waals surface area contributed by atoms with Gasteiger partial charge in [-0.2, -0.15) is 0 Å². The maximum Gasteiger partial charge on any atom is 0.323 e. The molecule has 0 unspecified atom stereocenters. The summed E-state index contributed by atoms with van der Waals surface area (Å²) in [5.74, 6) is 1.36. The molecule has 4 rings (SSSR count). The van der Waals surface area contributed by atoms with Crippen LogP contribution in [-0.2, 0) is 0 Å². The van der Waals surface area contributed by atoms with Gasteiger partial charge in [0.1, 0.15) is 5.82 Å². The highest BCUT2D eigenvalue weighted by molar-refractivity contribution is 5.99. The Morgan fingerprint density at radius 3 is 2.12 bits per heavy atom. The number of aromatic nitrogens is 1. The summed E-state index contributed by atoms with van der Waals surface area (Å²) in [7, 11) is 0. The van der Waals surface area contributed by atoms with E-state index in [9.17, 15) is 9.59 Å². The maximum absolute atomic E-state index is 12.8. The van der Waals surface area contributed by atoms with Crippen molar-refractivity contribution in [3.05, 3.63) is 83.6 Å². The van der Waals surface area contributed by atoms with E-state index in [2.05, 4.69) is 34.4 Å². The number of carbonyl (C=O) groups excluding carboxylic acids is 2. The Bertz CT molecular complexity index is 1130. The smallest absolute Gasteiger partial charge is 0.323 e. The number of nitrogens with one attached hydrogen (secondary N) is 2. The molecule has 0 saturated carbocycles. The zero-order chi connectivity index (χ0) is 24.1. The van der Waals surface area contributed by atoms with Gasteiger partial charge in [0.2, 0.25) is 0 Å². The van der Waals surface area contributed by atoms with Gasteiger partial charge in [-0.05, 0) is 54.3 Å². The van der Waals surface area contributed by atoms with Crippen LogP contribution in [0.3, 0.4) is 0 Å². The predicted octanol–water partition coefficient (Wildman–Crippen LogP) is 5.12. The molecule has 0 aliphatic carbocycles. The van der Waals surface area contributed by atoms with Gasteiger partial charge in [-0.3, -0.25) is 4.79 Å². The number of pyridine rings is 1. The second kappa shape index (κ2) is 10.4. The van der Waals surface area contributed by atoms with Gasteiger partial charge in [0, 0.05) is 37.4 Å². The standard InChI is InChI=1S/C27H31N5O2/c1-19(2)21-8-10-22(11-9-21)29-27(34)30-23-12-13-25(28-18-23)31-14-16-32(17-15-31)26(33)24-7-5-4-6-20(24)3/h4-13,18-19H,14-17H2,1-3H3,(H2,29,30,34). The van der Waals surface area contributed by atoms with Gasteiger partial charge >= 0.3 is 6.03 Å². The molecular weight excluding hydrogens is 426 g/mol. The van der Waals surface area contributed by atoms with E-state index >= 15 is 0 Å². The molecule has 2 aromatic carbocycles. The number of anilines is 3. The summed E-state index contributed by atoms with van der Waals surface area (Å²) in [5, 5.41) is 5.66. The number of piperazine rings is 1. The number of urea groups is 1. The summed E-state index contributed by atoms with van der Waals surface area (Å²) in [5.41, 5.74) is 4.35. The van der Waals surface area contributed by atoms with Crippen LogP contribution < -0.4 is 15.5 Å². The number of hydrogen-bond acceptors (Lipinski definition) is 4. The van der Waals surface area contributed by atoms with Crippen molar-refractivity contribution in [3.8, 4) is 0 Å². The van der Waals surface area contributed by atoms with Gasteiger partial charge in [-0.25, -0.2) is 9.78 Å². The first-order valence-electron chi connectivity index (χ1n) is 11.6. The van der Waals surface area contributed by atoms with Crippen LogP contribution in [0.5, 0.6) is 0 Å². The minimum absolute atomic E-state index is 0.0788. The minimum Gasteiger partial charge on any atom is -0.353 e. The molecule has 1 aliphatic heterocycles. The first kappa shape index (κ1) is 23.3. The molecule has 1 aromatic heterocycles. The first-order chi connectivity index (χ1) is 16.4. The van der Waals surface area contributed by atoms with E-state index in [0.717, 1.165) is 22.6 Å². The zero-order valence-corrected chi connectivity index (χ0v) is 19.9. The molecule has 34 heavy (non-hydrogen) atoms. The lowest BCUT2D eigenvalue weighted by Gasteiger charge is -2.35. The van der Waals surface area contributed by atoms with Gasteiger partial charge in [0.15, 0.2) is 0 Å². The fraction of sp³-hybridized carbons (Fsp3) is 0.296. The van der Waals surface area contributed by atoms with Crippen molar-refractivity contribution in [3.63, 3.8) is 0 Å². The van der Waals surface area contributed by atoms with E-state index in [1.165, 1.54) is 5.56 Å². The average Bonchev–Trinajstić information content (AvgIpc) is 2.85. The lowest BCUT2D eigenvalue weighted by Crippen LogP contribution is -2.49. The molecule has 0 bridgehead atoms. The van der Waals surface area contributed by atoms with Crippen LogP contribution in [0.15, 0.2) is 66.9 Å². The van der Waals surface area contributed by atoms with E-state index < -0.39 is 0 Å². The summed E-state index contributed by atoms with van der Waals surface area (Å²) in [6, 6.07) is 19.0. The molecular formula is C27H31N5O2. The van der Waals surface area contributed by atoms with Gasteiger partial charge in [0.05, 0.1) is 11.9 Å². The Labute approximate surface area is 200 Å². The van der Waals surface area contributed by atoms with Crippen LogP contribution in [0.4, 0.5) is 22.0 Å². The van der Waals surface area contributed by atoms with Crippen LogP contribution in [0.1, 0.15) is 41.3 Å². The molecule has 7 nitrogen and oxygen atoms in total. The van der Waals surface area contributed by atoms with E-state index in [1.54, 1.807) is 6.20 Å². The summed E-state index contributed by atoms with van der Waals surface area (Å²) in [6.45, 7) is 8.95. The Morgan fingerprint density at radius 1 is 0.853 bits per heavy atom. The molecule has 2 heterocycles. The Balaban J connectivity index is 1.29. The molecule has 1 fully saturated rings. The number of amides is 3. The molecule has 0 atom stereocenters. The number of aryl methyl sites for hydroxylation is 1. The summed E-state index contributed by atoms with van der Waals surface area (Å²) in [6.07, 6.45) is 1.65. The topological polar surface area (TPSA) is 77.6 Å². The second-order valence-electron chi connectivity index (χ2n) is 8.86. The SMILES string of the molecule is Cc1ccccc1C(=O)N1CCN(c2ccc(NC(=O)Nc3ccc(C(C)C)cc3)cn2)CC1. The van der Waals surface area contributed by atoms with Crippen molar-refractivity contribution in [2.75, 3.05) is 41.7 Å². The number of hydrogen-bond donors (Lipinski definition) is 2. The van der Waals surface area contributed by atoms with Crippen LogP contribution in [-0.4, -0.2) is 48.0 Å². The first-order valence-corrected chi connectivity index (χ1v) is 11.6. The van der Waals surface area contributed by atoms with Crippen molar-refractivity contribution in [2.24, 2.45) is 0 Å². The fourth-order valence-electron chi connectivity index (χ4n) is 4.01. The number of rotatable bonds is 5. The van der Waals surface area contributed by atoms with Gasteiger partial charge in [-0.15, -0.1) is 0 Å². The summed E-state index contributed by atoms with van der Waals surface area (Å²) < 4.78 is 0. The number of carbonyl (C=O) groups is 2. The lowest BCUT2D eigenvalue weighted by molar-refractivity contribution is 0.0746. The highest BCUT2D eigenvalue weighted by atomic mass is 16.2. The van der Waals surface area contributed by atoms with Crippen molar-refractivity contribution in [2.45, 2.75) is 26.7 Å². The molecule has 1 aliphatic rings. The Hall–Kier alpha value is -3.87. The number of nitrogens with zero attached hydrogens (tertiary/aromatic N) is 3. The second-order valence-corrected chi connectivity index (χ2v) is 8.86. The van der Waals surface area contributed by atoms with Crippen molar-refractivity contribution < 1.29 is 9.59 Å². The van der Waals surface area contributed by atoms with Crippen molar-refractivity contribution in [1.29, 1.82) is 0 Å². The van der Waals surface area contributed by atoms with Crippen LogP contribution in [0.2, 0.25) is 0 Å². The Kier molecular flexibility index (Phi) is 7.11. The predicted molar refractivity (Wildman–Crippen MR) is 137 cm³/mol. The third-order valence-corrected chi connectivity index (χ3v) is 6.11. The molecule has 0 spiro atoms. The molecule has 7 heteroatoms. The van der Waals surface area contributed by atoms with E-state index in [4.69, 9.17) is 0 Å². The van der Waals surface area contributed by atoms with Gasteiger partial charge in [-0.1, -0.05) is 44.2 Å². The molecule has 2 N–H and O–H groups in total. The quantitative estimate of drug-likeness (QED) is 0.558. The highest BCUT2D eigenvalue weighted by Gasteiger charge is 2.23. The summed E-state index contributed by atoms with van der Waals surface area (Å²) >= 11 is 0. The Morgan fingerprint density at radius 2 is 1.50 bits per heavy atom. The number of benzene rings is 2. The van der Waals surface area contributed by atoms with Crippen LogP contribution in [0, 0.1) is 6.92 Å². The molecule has 3 aromatic rings. The van der Waals surface area contributed by atoms with E-state index in [-0.39, 0.29) is 11.9 Å². The monoisotopic (exact) mass is 457 g/mol. The molecule has 0 radical (unpaired) electrons. The van der Waals surface area contributed by atoms with Gasteiger partial charge in [0.25, 0.3) is 5.91 Å². The van der Waals surface area contributed by atoms with Crippen molar-refractivity contribution >= 4 is 29.1 Å². The molecule has 1 saturated heterocycles. The van der Waals surface area contributed by atoms with E-state index in [0.29, 0.717) is 37.8 Å². The van der Waals surface area contributed by atoms with Gasteiger partial charge < -0.3 is 20.4 Å². The average molecular weight is 458 g/mol. The summed E-state index contributed by atoms with van der Waals surface area (Å²) in [4.78, 5) is 33.7. The largest absolute Gasteiger partial charge is 0.353 e. The lowest BCUT2D eigenvalue weighted by atomic mass is 10.0. The van der Waals surface area contributed by atoms with E-state index in [1.807, 2.05) is 72.5 Å². The third-order valence-electron chi connectivity index (χ3n) is 6.11. The minimum atomic E-state index is -0.310. The normalized spacial score (nSPS) is 13.6. The highest BCUT2D eigenvalue weighted by Crippen LogP contribution is 2.20. The maximum atomic E-state index is 12.8. The molecule has 176 valence electrons. The van der Waals surface area contributed by atoms with Crippen LogP contribution in [0.25, 0.3) is 0 Å². The third kappa shape index (κ3) is 5.54. The van der Waals surface area contributed by atoms with Crippen molar-refractivity contribution in [1.82, 2.24) is 9.88 Å². The fourth-order valence-corrected chi connectivity index (χ4v) is 4.01.